The maximum Gasteiger partial charge on any atom is 0.152 e. The summed E-state index contributed by atoms with van der Waals surface area (Å²) in [6, 6.07) is 1.87. The van der Waals surface area contributed by atoms with E-state index in [9.17, 15) is 8.42 Å². The molecule has 0 amide bonds. The molecule has 5 nitrogen and oxygen atoms in total. The van der Waals surface area contributed by atoms with E-state index in [-0.39, 0.29) is 17.5 Å². The third-order valence-electron chi connectivity index (χ3n) is 4.11. The zero-order chi connectivity index (χ0) is 12.8. The number of hydrogen-bond donors (Lipinski definition) is 1. The van der Waals surface area contributed by atoms with Crippen LogP contribution in [0.1, 0.15) is 49.8 Å². The van der Waals surface area contributed by atoms with E-state index < -0.39 is 9.84 Å². The number of rotatable bonds is 2. The van der Waals surface area contributed by atoms with Crippen molar-refractivity contribution in [3.8, 4) is 0 Å². The molecule has 3 rings (SSSR count). The second kappa shape index (κ2) is 4.26. The molecule has 2 N–H and O–H groups in total. The minimum atomic E-state index is -2.89. The van der Waals surface area contributed by atoms with Crippen LogP contribution in [0.3, 0.4) is 0 Å². The smallest absolute Gasteiger partial charge is 0.152 e. The number of aromatic nitrogens is 2. The fraction of sp³-hybridized carbons (Fsp3) is 0.750. The fourth-order valence-corrected chi connectivity index (χ4v) is 4.80. The second-order valence-electron chi connectivity index (χ2n) is 5.48. The lowest BCUT2D eigenvalue weighted by atomic mass is 10.1. The first-order valence-corrected chi connectivity index (χ1v) is 8.43. The molecule has 1 aliphatic carbocycles. The Morgan fingerprint density at radius 3 is 2.61 bits per heavy atom. The van der Waals surface area contributed by atoms with E-state index in [1.807, 2.05) is 6.07 Å². The van der Waals surface area contributed by atoms with Crippen LogP contribution in [0.4, 0.5) is 5.82 Å². The third kappa shape index (κ3) is 2.13. The van der Waals surface area contributed by atoms with Crippen LogP contribution in [0, 0.1) is 0 Å². The van der Waals surface area contributed by atoms with Gasteiger partial charge < -0.3 is 5.73 Å². The molecule has 1 aromatic heterocycles. The summed E-state index contributed by atoms with van der Waals surface area (Å²) in [5, 5.41) is 4.57. The molecule has 0 radical (unpaired) electrons. The van der Waals surface area contributed by atoms with Crippen LogP contribution in [0.15, 0.2) is 6.07 Å². The number of sulfone groups is 1. The van der Waals surface area contributed by atoms with E-state index in [0.29, 0.717) is 18.2 Å². The van der Waals surface area contributed by atoms with Crippen LogP contribution < -0.4 is 5.73 Å². The Hall–Kier alpha value is -1.04. The van der Waals surface area contributed by atoms with Gasteiger partial charge in [-0.2, -0.15) is 5.10 Å². The standard InChI is InChI=1S/C12H19N3O2S/c13-12-7-11(9-3-1-2-4-9)14-15(12)10-5-6-18(16,17)8-10/h7,9-10H,1-6,8,13H2. The molecular weight excluding hydrogens is 250 g/mol. The highest BCUT2D eigenvalue weighted by Crippen LogP contribution is 2.35. The van der Waals surface area contributed by atoms with Crippen LogP contribution in [0.2, 0.25) is 0 Å². The SMILES string of the molecule is Nc1cc(C2CCCC2)nn1C1CCS(=O)(=O)C1. The molecule has 0 bridgehead atoms. The van der Waals surface area contributed by atoms with Gasteiger partial charge in [-0.05, 0) is 19.3 Å². The second-order valence-corrected chi connectivity index (χ2v) is 7.71. The molecule has 1 saturated heterocycles. The van der Waals surface area contributed by atoms with Gasteiger partial charge >= 0.3 is 0 Å². The average molecular weight is 269 g/mol. The molecular formula is C12H19N3O2S. The molecule has 18 heavy (non-hydrogen) atoms. The van der Waals surface area contributed by atoms with Crippen molar-refractivity contribution in [3.63, 3.8) is 0 Å². The average Bonchev–Trinajstić information content (AvgIpc) is 2.97. The maximum absolute atomic E-state index is 11.5. The van der Waals surface area contributed by atoms with Crippen molar-refractivity contribution in [3.05, 3.63) is 11.8 Å². The van der Waals surface area contributed by atoms with Crippen molar-refractivity contribution in [1.82, 2.24) is 9.78 Å². The normalized spacial score (nSPS) is 27.9. The summed E-state index contributed by atoms with van der Waals surface area (Å²) in [5.41, 5.74) is 7.03. The highest BCUT2D eigenvalue weighted by molar-refractivity contribution is 7.91. The van der Waals surface area contributed by atoms with E-state index in [0.717, 1.165) is 5.69 Å². The minimum absolute atomic E-state index is 0.0647. The largest absolute Gasteiger partial charge is 0.384 e. The predicted molar refractivity (Wildman–Crippen MR) is 70.2 cm³/mol. The topological polar surface area (TPSA) is 78.0 Å². The van der Waals surface area contributed by atoms with Gasteiger partial charge in [-0.3, -0.25) is 0 Å². The van der Waals surface area contributed by atoms with Crippen LogP contribution >= 0.6 is 0 Å². The third-order valence-corrected chi connectivity index (χ3v) is 5.86. The van der Waals surface area contributed by atoms with Crippen molar-refractivity contribution < 1.29 is 8.42 Å². The molecule has 1 atom stereocenters. The van der Waals surface area contributed by atoms with Gasteiger partial charge in [0.05, 0.1) is 23.2 Å². The number of anilines is 1. The summed E-state index contributed by atoms with van der Waals surface area (Å²) in [6.45, 7) is 0. The number of hydrogen-bond acceptors (Lipinski definition) is 4. The van der Waals surface area contributed by atoms with Crippen molar-refractivity contribution in [2.75, 3.05) is 17.2 Å². The first-order chi connectivity index (χ1) is 8.55. The van der Waals surface area contributed by atoms with Crippen molar-refractivity contribution in [1.29, 1.82) is 0 Å². The molecule has 1 unspecified atom stereocenters. The molecule has 1 aliphatic heterocycles. The quantitative estimate of drug-likeness (QED) is 0.882. The van der Waals surface area contributed by atoms with Crippen molar-refractivity contribution in [2.24, 2.45) is 0 Å². The monoisotopic (exact) mass is 269 g/mol. The molecule has 1 saturated carbocycles. The highest BCUT2D eigenvalue weighted by Gasteiger charge is 2.31. The Kier molecular flexibility index (Phi) is 2.84. The lowest BCUT2D eigenvalue weighted by Crippen LogP contribution is -2.15. The van der Waals surface area contributed by atoms with Gasteiger partial charge in [-0.1, -0.05) is 12.8 Å². The van der Waals surface area contributed by atoms with Gasteiger partial charge in [-0.15, -0.1) is 0 Å². The van der Waals surface area contributed by atoms with Crippen LogP contribution in [0.5, 0.6) is 0 Å². The maximum atomic E-state index is 11.5. The first kappa shape index (κ1) is 12.0. The number of nitrogen functional groups attached to an aromatic ring is 1. The molecule has 2 aliphatic rings. The summed E-state index contributed by atoms with van der Waals surface area (Å²) in [4.78, 5) is 0. The number of nitrogens with two attached hydrogens (primary N) is 1. The molecule has 2 heterocycles. The van der Waals surface area contributed by atoms with Crippen LogP contribution in [0.25, 0.3) is 0 Å². The van der Waals surface area contributed by atoms with Gasteiger partial charge in [-0.25, -0.2) is 13.1 Å². The van der Waals surface area contributed by atoms with E-state index in [4.69, 9.17) is 5.73 Å². The van der Waals surface area contributed by atoms with Gasteiger partial charge in [0.15, 0.2) is 9.84 Å². The summed E-state index contributed by atoms with van der Waals surface area (Å²) in [5.74, 6) is 1.57. The Morgan fingerprint density at radius 2 is 2.00 bits per heavy atom. The van der Waals surface area contributed by atoms with Crippen LogP contribution in [-0.4, -0.2) is 29.7 Å². The van der Waals surface area contributed by atoms with E-state index >= 15 is 0 Å². The zero-order valence-electron chi connectivity index (χ0n) is 10.4. The van der Waals surface area contributed by atoms with E-state index in [2.05, 4.69) is 5.10 Å². The predicted octanol–water partition coefficient (Wildman–Crippen LogP) is 1.48. The van der Waals surface area contributed by atoms with Gasteiger partial charge in [0.1, 0.15) is 5.82 Å². The van der Waals surface area contributed by atoms with E-state index in [1.54, 1.807) is 4.68 Å². The van der Waals surface area contributed by atoms with Gasteiger partial charge in [0, 0.05) is 12.0 Å². The molecule has 1 aromatic rings. The fourth-order valence-electron chi connectivity index (χ4n) is 3.11. The lowest BCUT2D eigenvalue weighted by Gasteiger charge is -2.10. The number of nitrogens with zero attached hydrogens (tertiary/aromatic N) is 2. The lowest BCUT2D eigenvalue weighted by molar-refractivity contribution is 0.495. The molecule has 0 aromatic carbocycles. The summed E-state index contributed by atoms with van der Waals surface area (Å²) in [7, 11) is -2.89. The summed E-state index contributed by atoms with van der Waals surface area (Å²) in [6.07, 6.45) is 5.52. The van der Waals surface area contributed by atoms with Crippen molar-refractivity contribution >= 4 is 15.7 Å². The Balaban J connectivity index is 1.84. The van der Waals surface area contributed by atoms with Crippen molar-refractivity contribution in [2.45, 2.75) is 44.1 Å². The van der Waals surface area contributed by atoms with Gasteiger partial charge in [0.25, 0.3) is 0 Å². The van der Waals surface area contributed by atoms with E-state index in [1.165, 1.54) is 25.7 Å². The molecule has 2 fully saturated rings. The zero-order valence-corrected chi connectivity index (χ0v) is 11.2. The molecule has 100 valence electrons. The van der Waals surface area contributed by atoms with Gasteiger partial charge in [0.2, 0.25) is 0 Å². The Labute approximate surface area is 107 Å². The Morgan fingerprint density at radius 1 is 1.28 bits per heavy atom. The summed E-state index contributed by atoms with van der Waals surface area (Å²) < 4.78 is 24.7. The molecule has 6 heteroatoms. The molecule has 0 spiro atoms. The highest BCUT2D eigenvalue weighted by atomic mass is 32.2. The Bertz CT molecular complexity index is 544. The van der Waals surface area contributed by atoms with Crippen LogP contribution in [-0.2, 0) is 9.84 Å². The minimum Gasteiger partial charge on any atom is -0.384 e. The first-order valence-electron chi connectivity index (χ1n) is 6.60. The summed E-state index contributed by atoms with van der Waals surface area (Å²) >= 11 is 0.